The fraction of sp³-hybridized carbons (Fsp3) is 0.357. The van der Waals surface area contributed by atoms with Crippen LogP contribution in [0.2, 0.25) is 0 Å². The second kappa shape index (κ2) is 8.11. The first kappa shape index (κ1) is 16.7. The summed E-state index contributed by atoms with van der Waals surface area (Å²) in [6.45, 7) is 0.172. The van der Waals surface area contributed by atoms with Gasteiger partial charge in [-0.05, 0) is 18.9 Å². The Labute approximate surface area is 134 Å². The Kier molecular flexibility index (Phi) is 5.89. The van der Waals surface area contributed by atoms with Crippen LogP contribution in [0.15, 0.2) is 24.2 Å². The molecule has 0 spiro atoms. The van der Waals surface area contributed by atoms with Crippen LogP contribution < -0.4 is 27.4 Å². The number of ether oxygens (including phenoxy) is 1. The van der Waals surface area contributed by atoms with Gasteiger partial charge in [-0.25, -0.2) is 10.2 Å². The quantitative estimate of drug-likeness (QED) is 0.237. The summed E-state index contributed by atoms with van der Waals surface area (Å²) in [5.74, 6) is 0.527. The van der Waals surface area contributed by atoms with Crippen molar-refractivity contribution in [2.24, 2.45) is 5.73 Å². The molecule has 1 fully saturated rings. The Morgan fingerprint density at radius 3 is 3.00 bits per heavy atom. The van der Waals surface area contributed by atoms with Crippen LogP contribution >= 0.6 is 0 Å². The van der Waals surface area contributed by atoms with Gasteiger partial charge in [0.15, 0.2) is 5.88 Å². The smallest absolute Gasteiger partial charge is 0.334 e. The molecule has 1 saturated carbocycles. The van der Waals surface area contributed by atoms with E-state index in [-0.39, 0.29) is 12.5 Å². The van der Waals surface area contributed by atoms with Crippen LogP contribution in [0.1, 0.15) is 30.0 Å². The molecule has 1 aliphatic rings. The number of nitrogens with zero attached hydrogens (tertiary/aromatic N) is 1. The molecule has 1 heterocycles. The number of nitrogens with one attached hydrogen (secondary N) is 5. The van der Waals surface area contributed by atoms with Crippen LogP contribution in [-0.2, 0) is 11.3 Å². The minimum absolute atomic E-state index is 0.137. The Bertz CT molecular complexity index is 599. The van der Waals surface area contributed by atoms with Gasteiger partial charge in [-0.1, -0.05) is 0 Å². The lowest BCUT2D eigenvalue weighted by atomic mass is 10.1. The van der Waals surface area contributed by atoms with Gasteiger partial charge in [0.05, 0.1) is 11.4 Å². The molecule has 0 atom stereocenters. The molecule has 1 aromatic heterocycles. The van der Waals surface area contributed by atoms with E-state index in [0.29, 0.717) is 11.6 Å². The van der Waals surface area contributed by atoms with Crippen molar-refractivity contribution in [1.82, 2.24) is 21.4 Å². The van der Waals surface area contributed by atoms with Crippen LogP contribution in [0.25, 0.3) is 0 Å². The number of urea groups is 1. The number of carbonyl (C=O) groups excluding carboxylic acids is 1. The maximum absolute atomic E-state index is 11.8. The van der Waals surface area contributed by atoms with Crippen molar-refractivity contribution in [3.63, 3.8) is 0 Å². The van der Waals surface area contributed by atoms with Gasteiger partial charge in [0, 0.05) is 37.0 Å². The van der Waals surface area contributed by atoms with E-state index in [1.165, 1.54) is 6.08 Å². The fourth-order valence-electron chi connectivity index (χ4n) is 2.04. The number of nitrogens with two attached hydrogens (primary N) is 1. The van der Waals surface area contributed by atoms with Gasteiger partial charge < -0.3 is 21.2 Å². The topological polar surface area (TPSA) is 137 Å². The average molecular weight is 319 g/mol. The van der Waals surface area contributed by atoms with Crippen LogP contribution in [0.3, 0.4) is 0 Å². The SMILES string of the molecule is CNNNC(=O)Nc1ccnc(C2CC2)c1COC(N)=CC=N. The molecule has 2 amide bonds. The zero-order valence-electron chi connectivity index (χ0n) is 12.8. The molecule has 0 radical (unpaired) electrons. The molecule has 9 nitrogen and oxygen atoms in total. The van der Waals surface area contributed by atoms with Crippen molar-refractivity contribution < 1.29 is 9.53 Å². The van der Waals surface area contributed by atoms with E-state index in [1.54, 1.807) is 19.3 Å². The van der Waals surface area contributed by atoms with Crippen molar-refractivity contribution in [1.29, 1.82) is 5.41 Å². The molecule has 9 heteroatoms. The third-order valence-electron chi connectivity index (χ3n) is 3.23. The Morgan fingerprint density at radius 2 is 2.35 bits per heavy atom. The summed E-state index contributed by atoms with van der Waals surface area (Å²) >= 11 is 0. The molecular weight excluding hydrogens is 298 g/mol. The van der Waals surface area contributed by atoms with Crippen LogP contribution in [0.4, 0.5) is 10.5 Å². The molecule has 1 aromatic rings. The molecule has 0 aromatic carbocycles. The van der Waals surface area contributed by atoms with Crippen LogP contribution in [0.5, 0.6) is 0 Å². The highest BCUT2D eigenvalue weighted by atomic mass is 16.5. The number of hydrogen-bond donors (Lipinski definition) is 6. The molecule has 2 rings (SSSR count). The zero-order chi connectivity index (χ0) is 16.7. The number of carbonyl (C=O) groups is 1. The highest BCUT2D eigenvalue weighted by Crippen LogP contribution is 2.42. The van der Waals surface area contributed by atoms with Gasteiger partial charge in [-0.2, -0.15) is 5.53 Å². The van der Waals surface area contributed by atoms with Gasteiger partial charge in [-0.15, -0.1) is 0 Å². The summed E-state index contributed by atoms with van der Waals surface area (Å²) in [4.78, 5) is 16.2. The van der Waals surface area contributed by atoms with Gasteiger partial charge in [0.25, 0.3) is 0 Å². The predicted molar refractivity (Wildman–Crippen MR) is 86.4 cm³/mol. The first-order chi connectivity index (χ1) is 11.2. The number of pyridine rings is 1. The third kappa shape index (κ3) is 4.94. The van der Waals surface area contributed by atoms with Gasteiger partial charge in [0.1, 0.15) is 6.61 Å². The van der Waals surface area contributed by atoms with Crippen molar-refractivity contribution in [3.05, 3.63) is 35.5 Å². The van der Waals surface area contributed by atoms with Crippen molar-refractivity contribution >= 4 is 17.9 Å². The van der Waals surface area contributed by atoms with E-state index in [9.17, 15) is 4.79 Å². The molecule has 23 heavy (non-hydrogen) atoms. The van der Waals surface area contributed by atoms with Crippen LogP contribution in [-0.4, -0.2) is 24.3 Å². The number of rotatable bonds is 8. The highest BCUT2D eigenvalue weighted by Gasteiger charge is 2.29. The lowest BCUT2D eigenvalue weighted by Gasteiger charge is -2.16. The first-order valence-electron chi connectivity index (χ1n) is 7.21. The highest BCUT2D eigenvalue weighted by molar-refractivity contribution is 5.89. The van der Waals surface area contributed by atoms with E-state index in [0.717, 1.165) is 30.3 Å². The minimum Gasteiger partial charge on any atom is -0.474 e. The monoisotopic (exact) mass is 319 g/mol. The van der Waals surface area contributed by atoms with Gasteiger partial charge in [0.2, 0.25) is 0 Å². The summed E-state index contributed by atoms with van der Waals surface area (Å²) in [6, 6.07) is 1.29. The standard InChI is InChI=1S/C14H21N7O2/c1-17-21-20-14(22)19-11-5-7-18-13(9-2-3-9)10(11)8-23-12(16)4-6-15/h4-7,9,15,17,21H,2-3,8,16H2,1H3,(H2,18,19,20,22). The van der Waals surface area contributed by atoms with E-state index in [2.05, 4.69) is 26.7 Å². The second-order valence-corrected chi connectivity index (χ2v) is 4.98. The van der Waals surface area contributed by atoms with E-state index < -0.39 is 6.03 Å². The van der Waals surface area contributed by atoms with Gasteiger partial charge >= 0.3 is 6.03 Å². The number of allylic oxidation sites excluding steroid dienone is 1. The summed E-state index contributed by atoms with van der Waals surface area (Å²) in [6.07, 6.45) is 6.21. The maximum Gasteiger partial charge on any atom is 0.334 e. The fourth-order valence-corrected chi connectivity index (χ4v) is 2.04. The normalized spacial score (nSPS) is 14.2. The first-order valence-corrected chi connectivity index (χ1v) is 7.21. The number of aromatic nitrogens is 1. The number of amides is 2. The summed E-state index contributed by atoms with van der Waals surface area (Å²) in [5, 5.41) is 9.73. The number of anilines is 1. The number of hydrogen-bond acceptors (Lipinski definition) is 7. The summed E-state index contributed by atoms with van der Waals surface area (Å²) < 4.78 is 5.44. The molecule has 0 bridgehead atoms. The van der Waals surface area contributed by atoms with Crippen molar-refractivity contribution in [2.75, 3.05) is 12.4 Å². The minimum atomic E-state index is -0.420. The lowest BCUT2D eigenvalue weighted by Crippen LogP contribution is -2.46. The molecule has 0 saturated heterocycles. The van der Waals surface area contributed by atoms with E-state index in [1.807, 2.05) is 0 Å². The molecule has 124 valence electrons. The second-order valence-electron chi connectivity index (χ2n) is 4.98. The molecule has 0 unspecified atom stereocenters. The third-order valence-corrected chi connectivity index (χ3v) is 3.23. The Morgan fingerprint density at radius 1 is 1.57 bits per heavy atom. The maximum atomic E-state index is 11.8. The molecule has 0 aliphatic heterocycles. The number of hydrazine groups is 2. The molecular formula is C14H21N7O2. The van der Waals surface area contributed by atoms with Crippen molar-refractivity contribution in [2.45, 2.75) is 25.4 Å². The van der Waals surface area contributed by atoms with E-state index in [4.69, 9.17) is 15.9 Å². The summed E-state index contributed by atoms with van der Waals surface area (Å²) in [5.41, 5.74) is 15.4. The predicted octanol–water partition coefficient (Wildman–Crippen LogP) is 0.686. The Balaban J connectivity index is 2.16. The van der Waals surface area contributed by atoms with Crippen LogP contribution in [0, 0.1) is 5.41 Å². The van der Waals surface area contributed by atoms with Gasteiger partial charge in [-0.3, -0.25) is 10.4 Å². The average Bonchev–Trinajstić information content (AvgIpc) is 3.36. The Hall–Kier alpha value is -2.65. The summed E-state index contributed by atoms with van der Waals surface area (Å²) in [7, 11) is 1.63. The largest absolute Gasteiger partial charge is 0.474 e. The lowest BCUT2D eigenvalue weighted by molar-refractivity contribution is 0.196. The molecule has 1 aliphatic carbocycles. The zero-order valence-corrected chi connectivity index (χ0v) is 12.8. The molecule has 7 N–H and O–H groups in total. The van der Waals surface area contributed by atoms with Crippen molar-refractivity contribution in [3.8, 4) is 0 Å². The van der Waals surface area contributed by atoms with E-state index >= 15 is 0 Å².